The second-order valence-electron chi connectivity index (χ2n) is 5.46. The van der Waals surface area contributed by atoms with Crippen LogP contribution in [0.15, 0.2) is 42.5 Å². The summed E-state index contributed by atoms with van der Waals surface area (Å²) in [4.78, 5) is 24.0. The van der Waals surface area contributed by atoms with E-state index < -0.39 is 35.5 Å². The van der Waals surface area contributed by atoms with Gasteiger partial charge in [0, 0.05) is 11.8 Å². The number of ether oxygens (including phenoxy) is 2. The van der Waals surface area contributed by atoms with Gasteiger partial charge in [0.1, 0.15) is 11.6 Å². The van der Waals surface area contributed by atoms with Crippen molar-refractivity contribution in [3.63, 3.8) is 0 Å². The number of anilines is 1. The van der Waals surface area contributed by atoms with Gasteiger partial charge in [-0.15, -0.1) is 0 Å². The molecule has 0 aliphatic heterocycles. The average Bonchev–Trinajstić information content (AvgIpc) is 2.60. The van der Waals surface area contributed by atoms with Crippen LogP contribution in [-0.2, 0) is 15.7 Å². The molecule has 0 radical (unpaired) electrons. The average molecular weight is 385 g/mol. The second-order valence-corrected chi connectivity index (χ2v) is 5.46. The molecule has 0 fully saturated rings. The quantitative estimate of drug-likeness (QED) is 0.623. The van der Waals surface area contributed by atoms with Gasteiger partial charge in [0.25, 0.3) is 5.91 Å². The van der Waals surface area contributed by atoms with Gasteiger partial charge in [0.15, 0.2) is 6.10 Å². The van der Waals surface area contributed by atoms with E-state index in [0.29, 0.717) is 0 Å². The minimum Gasteiger partial charge on any atom is -0.497 e. The topological polar surface area (TPSA) is 64.6 Å². The lowest BCUT2D eigenvalue weighted by molar-refractivity contribution is -0.137. The SMILES string of the molecule is COc1ccc(C(=O)O[C@H](C)C(=O)Nc2ccc(C(F)(F)F)cc2)c(F)c1. The van der Waals surface area contributed by atoms with Crippen LogP contribution >= 0.6 is 0 Å². The Kier molecular flexibility index (Phi) is 6.04. The Hall–Kier alpha value is -3.10. The Bertz CT molecular complexity index is 834. The van der Waals surface area contributed by atoms with Crippen molar-refractivity contribution >= 4 is 17.6 Å². The third-order valence-corrected chi connectivity index (χ3v) is 3.53. The molecule has 144 valence electrons. The number of hydrogen-bond acceptors (Lipinski definition) is 4. The molecule has 2 aromatic carbocycles. The molecule has 0 saturated carbocycles. The van der Waals surface area contributed by atoms with Crippen molar-refractivity contribution in [2.24, 2.45) is 0 Å². The van der Waals surface area contributed by atoms with Crippen LogP contribution in [0.25, 0.3) is 0 Å². The van der Waals surface area contributed by atoms with Crippen molar-refractivity contribution in [1.82, 2.24) is 0 Å². The van der Waals surface area contributed by atoms with E-state index >= 15 is 0 Å². The number of carbonyl (C=O) groups excluding carboxylic acids is 2. The van der Waals surface area contributed by atoms with Gasteiger partial charge in [-0.05, 0) is 43.3 Å². The van der Waals surface area contributed by atoms with Crippen LogP contribution in [0, 0.1) is 5.82 Å². The molecular formula is C18H15F4NO4. The Labute approximate surface area is 151 Å². The van der Waals surface area contributed by atoms with E-state index in [2.05, 4.69) is 5.32 Å². The second kappa shape index (κ2) is 8.07. The van der Waals surface area contributed by atoms with Gasteiger partial charge in [-0.1, -0.05) is 0 Å². The first-order valence-electron chi connectivity index (χ1n) is 7.64. The zero-order valence-corrected chi connectivity index (χ0v) is 14.3. The number of esters is 1. The summed E-state index contributed by atoms with van der Waals surface area (Å²) in [5.41, 5.74) is -1.16. The van der Waals surface area contributed by atoms with E-state index in [1.54, 1.807) is 0 Å². The van der Waals surface area contributed by atoms with Crippen LogP contribution in [0.1, 0.15) is 22.8 Å². The van der Waals surface area contributed by atoms with Gasteiger partial charge in [0.2, 0.25) is 0 Å². The molecule has 0 aliphatic carbocycles. The van der Waals surface area contributed by atoms with Crippen LogP contribution in [0.4, 0.5) is 23.2 Å². The molecule has 0 unspecified atom stereocenters. The van der Waals surface area contributed by atoms with Gasteiger partial charge in [-0.25, -0.2) is 9.18 Å². The highest BCUT2D eigenvalue weighted by Gasteiger charge is 2.30. The summed E-state index contributed by atoms with van der Waals surface area (Å²) >= 11 is 0. The fourth-order valence-corrected chi connectivity index (χ4v) is 2.05. The van der Waals surface area contributed by atoms with E-state index in [1.165, 1.54) is 20.1 Å². The molecule has 5 nitrogen and oxygen atoms in total. The summed E-state index contributed by atoms with van der Waals surface area (Å²) in [7, 11) is 1.33. The van der Waals surface area contributed by atoms with Gasteiger partial charge >= 0.3 is 12.1 Å². The summed E-state index contributed by atoms with van der Waals surface area (Å²) in [6, 6.07) is 7.24. The molecule has 27 heavy (non-hydrogen) atoms. The summed E-state index contributed by atoms with van der Waals surface area (Å²) in [6.07, 6.45) is -5.80. The fraction of sp³-hybridized carbons (Fsp3) is 0.222. The van der Waals surface area contributed by atoms with Gasteiger partial charge < -0.3 is 14.8 Å². The molecule has 9 heteroatoms. The number of rotatable bonds is 5. The molecular weight excluding hydrogens is 370 g/mol. The molecule has 2 aromatic rings. The molecule has 1 atom stereocenters. The standard InChI is InChI=1S/C18H15F4NO4/c1-10(27-17(25)14-8-7-13(26-2)9-15(14)19)16(24)23-12-5-3-11(4-6-12)18(20,21)22/h3-10H,1-2H3,(H,23,24)/t10-/m1/s1. The van der Waals surface area contributed by atoms with Crippen LogP contribution in [-0.4, -0.2) is 25.1 Å². The lowest BCUT2D eigenvalue weighted by Crippen LogP contribution is -2.30. The van der Waals surface area contributed by atoms with E-state index in [1.807, 2.05) is 0 Å². The number of amides is 1. The zero-order valence-electron chi connectivity index (χ0n) is 14.3. The van der Waals surface area contributed by atoms with E-state index in [0.717, 1.165) is 36.4 Å². The molecule has 0 saturated heterocycles. The highest BCUT2D eigenvalue weighted by molar-refractivity contribution is 5.97. The molecule has 1 N–H and O–H groups in total. The third-order valence-electron chi connectivity index (χ3n) is 3.53. The Morgan fingerprint density at radius 1 is 1.07 bits per heavy atom. The number of benzene rings is 2. The summed E-state index contributed by atoms with van der Waals surface area (Å²) in [5.74, 6) is -2.52. The monoisotopic (exact) mass is 385 g/mol. The van der Waals surface area contributed by atoms with Crippen molar-refractivity contribution in [3.05, 3.63) is 59.4 Å². The van der Waals surface area contributed by atoms with Crippen molar-refractivity contribution in [1.29, 1.82) is 0 Å². The first-order chi connectivity index (χ1) is 12.6. The third kappa shape index (κ3) is 5.19. The fourth-order valence-electron chi connectivity index (χ4n) is 2.05. The molecule has 0 heterocycles. The Morgan fingerprint density at radius 3 is 2.22 bits per heavy atom. The normalized spacial score (nSPS) is 12.2. The number of nitrogens with one attached hydrogen (secondary N) is 1. The largest absolute Gasteiger partial charge is 0.497 e. The summed E-state index contributed by atoms with van der Waals surface area (Å²) in [5, 5.41) is 2.31. The number of carbonyl (C=O) groups is 2. The lowest BCUT2D eigenvalue weighted by atomic mass is 10.2. The minimum atomic E-state index is -4.49. The zero-order chi connectivity index (χ0) is 20.2. The molecule has 0 aromatic heterocycles. The maximum Gasteiger partial charge on any atom is 0.416 e. The highest BCUT2D eigenvalue weighted by Crippen LogP contribution is 2.29. The van der Waals surface area contributed by atoms with Gasteiger partial charge in [-0.2, -0.15) is 13.2 Å². The minimum absolute atomic E-state index is 0.0894. The number of alkyl halides is 3. The smallest absolute Gasteiger partial charge is 0.416 e. The first kappa shape index (κ1) is 20.2. The van der Waals surface area contributed by atoms with Crippen LogP contribution in [0.3, 0.4) is 0 Å². The predicted octanol–water partition coefficient (Wildman–Crippen LogP) is 4.04. The van der Waals surface area contributed by atoms with Crippen molar-refractivity contribution in [2.75, 3.05) is 12.4 Å². The maximum absolute atomic E-state index is 13.8. The van der Waals surface area contributed by atoms with E-state index in [4.69, 9.17) is 9.47 Å². The van der Waals surface area contributed by atoms with E-state index in [9.17, 15) is 27.2 Å². The maximum atomic E-state index is 13.8. The predicted molar refractivity (Wildman–Crippen MR) is 87.9 cm³/mol. The van der Waals surface area contributed by atoms with Crippen molar-refractivity contribution < 1.29 is 36.6 Å². The highest BCUT2D eigenvalue weighted by atomic mass is 19.4. The number of halogens is 4. The Morgan fingerprint density at radius 2 is 1.70 bits per heavy atom. The lowest BCUT2D eigenvalue weighted by Gasteiger charge is -2.14. The van der Waals surface area contributed by atoms with Crippen molar-refractivity contribution in [2.45, 2.75) is 19.2 Å². The van der Waals surface area contributed by atoms with Gasteiger partial charge in [0.05, 0.1) is 18.2 Å². The first-order valence-corrected chi connectivity index (χ1v) is 7.64. The van der Waals surface area contributed by atoms with Crippen LogP contribution in [0.5, 0.6) is 5.75 Å². The number of methoxy groups -OCH3 is 1. The molecule has 0 spiro atoms. The number of hydrogen-bond donors (Lipinski definition) is 1. The molecule has 0 bridgehead atoms. The summed E-state index contributed by atoms with van der Waals surface area (Å²) in [6.45, 7) is 1.25. The molecule has 2 rings (SSSR count). The van der Waals surface area contributed by atoms with E-state index in [-0.39, 0.29) is 17.0 Å². The molecule has 1 amide bonds. The van der Waals surface area contributed by atoms with Gasteiger partial charge in [-0.3, -0.25) is 4.79 Å². The van der Waals surface area contributed by atoms with Crippen molar-refractivity contribution in [3.8, 4) is 5.75 Å². The molecule has 0 aliphatic rings. The Balaban J connectivity index is 2.00. The van der Waals surface area contributed by atoms with Crippen LogP contribution in [0.2, 0.25) is 0 Å². The van der Waals surface area contributed by atoms with Crippen LogP contribution < -0.4 is 10.1 Å². The summed E-state index contributed by atoms with van der Waals surface area (Å²) < 4.78 is 61.1.